The molecule has 0 spiro atoms. The quantitative estimate of drug-likeness (QED) is 0.745. The molecule has 0 bridgehead atoms. The number of hydrogen-bond donors (Lipinski definition) is 1. The van der Waals surface area contributed by atoms with Gasteiger partial charge in [0.15, 0.2) is 6.29 Å². The zero-order chi connectivity index (χ0) is 9.10. The van der Waals surface area contributed by atoms with Gasteiger partial charge in [0.2, 0.25) is 0 Å². The maximum atomic E-state index is 9.16. The predicted molar refractivity (Wildman–Crippen MR) is 50.2 cm³/mol. The lowest BCUT2D eigenvalue weighted by molar-refractivity contribution is -0.0591. The second-order valence-electron chi connectivity index (χ2n) is 3.58. The molecule has 2 heteroatoms. The Bertz CT molecular complexity index is 258. The number of benzene rings is 1. The van der Waals surface area contributed by atoms with Crippen LogP contribution in [0.1, 0.15) is 12.0 Å². The molecule has 1 aromatic rings. The van der Waals surface area contributed by atoms with Gasteiger partial charge in [-0.25, -0.2) is 0 Å². The maximum absolute atomic E-state index is 9.16. The van der Waals surface area contributed by atoms with E-state index in [4.69, 9.17) is 9.84 Å². The zero-order valence-corrected chi connectivity index (χ0v) is 7.52. The fraction of sp³-hybridized carbons (Fsp3) is 0.455. The van der Waals surface area contributed by atoms with Crippen LogP contribution in [0.4, 0.5) is 0 Å². The van der Waals surface area contributed by atoms with Gasteiger partial charge in [-0.15, -0.1) is 0 Å². The smallest absolute Gasteiger partial charge is 0.154 e. The summed E-state index contributed by atoms with van der Waals surface area (Å²) in [6.45, 7) is 0.691. The molecule has 0 saturated carbocycles. The van der Waals surface area contributed by atoms with E-state index in [1.807, 2.05) is 18.2 Å². The van der Waals surface area contributed by atoms with Crippen molar-refractivity contribution in [1.82, 2.24) is 0 Å². The highest BCUT2D eigenvalue weighted by Gasteiger charge is 2.23. The summed E-state index contributed by atoms with van der Waals surface area (Å²) < 4.78 is 5.09. The number of ether oxygens (including phenoxy) is 1. The molecule has 2 atom stereocenters. The summed E-state index contributed by atoms with van der Waals surface area (Å²) in [5.41, 5.74) is 1.32. The van der Waals surface area contributed by atoms with Gasteiger partial charge in [0.1, 0.15) is 0 Å². The van der Waals surface area contributed by atoms with Crippen molar-refractivity contribution in [2.75, 3.05) is 6.61 Å². The van der Waals surface area contributed by atoms with Crippen LogP contribution in [0.3, 0.4) is 0 Å². The van der Waals surface area contributed by atoms with Crippen molar-refractivity contribution >= 4 is 0 Å². The van der Waals surface area contributed by atoms with Gasteiger partial charge in [-0.3, -0.25) is 0 Å². The summed E-state index contributed by atoms with van der Waals surface area (Å²) in [6.07, 6.45) is 1.25. The molecule has 0 radical (unpaired) electrons. The molecule has 1 saturated heterocycles. The van der Waals surface area contributed by atoms with E-state index in [1.54, 1.807) is 0 Å². The molecule has 1 heterocycles. The van der Waals surface area contributed by atoms with Crippen molar-refractivity contribution in [2.45, 2.75) is 19.1 Å². The Morgan fingerprint density at radius 2 is 2.08 bits per heavy atom. The average Bonchev–Trinajstić information content (AvgIpc) is 2.53. The first kappa shape index (κ1) is 8.73. The molecule has 2 rings (SSSR count). The zero-order valence-electron chi connectivity index (χ0n) is 7.52. The third-order valence-electron chi connectivity index (χ3n) is 2.43. The number of hydrogen-bond acceptors (Lipinski definition) is 2. The first-order chi connectivity index (χ1) is 6.34. The summed E-state index contributed by atoms with van der Waals surface area (Å²) in [6, 6.07) is 10.3. The van der Waals surface area contributed by atoms with Crippen molar-refractivity contribution in [1.29, 1.82) is 0 Å². The van der Waals surface area contributed by atoms with Gasteiger partial charge < -0.3 is 9.84 Å². The molecule has 13 heavy (non-hydrogen) atoms. The van der Waals surface area contributed by atoms with Crippen LogP contribution in [0.25, 0.3) is 0 Å². The van der Waals surface area contributed by atoms with E-state index < -0.39 is 6.29 Å². The summed E-state index contributed by atoms with van der Waals surface area (Å²) in [5.74, 6) is 0.484. The third-order valence-corrected chi connectivity index (χ3v) is 2.43. The van der Waals surface area contributed by atoms with Crippen LogP contribution in [0.2, 0.25) is 0 Å². The van der Waals surface area contributed by atoms with E-state index in [9.17, 15) is 0 Å². The van der Waals surface area contributed by atoms with E-state index in [0.717, 1.165) is 12.8 Å². The fourth-order valence-corrected chi connectivity index (χ4v) is 1.76. The lowest BCUT2D eigenvalue weighted by Gasteiger charge is -2.06. The minimum atomic E-state index is -0.534. The highest BCUT2D eigenvalue weighted by atomic mass is 16.6. The Morgan fingerprint density at radius 3 is 2.69 bits per heavy atom. The molecule has 0 aromatic heterocycles. The van der Waals surface area contributed by atoms with Crippen LogP contribution in [0.15, 0.2) is 30.3 Å². The molecule has 2 nitrogen and oxygen atoms in total. The largest absolute Gasteiger partial charge is 0.368 e. The van der Waals surface area contributed by atoms with E-state index >= 15 is 0 Å². The monoisotopic (exact) mass is 178 g/mol. The second kappa shape index (κ2) is 3.90. The van der Waals surface area contributed by atoms with Crippen LogP contribution in [0.5, 0.6) is 0 Å². The molecule has 70 valence electrons. The first-order valence-corrected chi connectivity index (χ1v) is 4.68. The Morgan fingerprint density at radius 1 is 1.31 bits per heavy atom. The highest BCUT2D eigenvalue weighted by Crippen LogP contribution is 2.21. The van der Waals surface area contributed by atoms with Gasteiger partial charge in [0, 0.05) is 6.42 Å². The van der Waals surface area contributed by atoms with Crippen LogP contribution >= 0.6 is 0 Å². The van der Waals surface area contributed by atoms with E-state index in [2.05, 4.69) is 12.1 Å². The van der Waals surface area contributed by atoms with Crippen molar-refractivity contribution in [3.05, 3.63) is 35.9 Å². The fourth-order valence-electron chi connectivity index (χ4n) is 1.76. The topological polar surface area (TPSA) is 29.5 Å². The van der Waals surface area contributed by atoms with E-state index in [1.165, 1.54) is 5.56 Å². The third kappa shape index (κ3) is 2.29. The molecule has 1 fully saturated rings. The van der Waals surface area contributed by atoms with E-state index in [-0.39, 0.29) is 0 Å². The van der Waals surface area contributed by atoms with Crippen molar-refractivity contribution in [3.8, 4) is 0 Å². The minimum absolute atomic E-state index is 0.484. The Balaban J connectivity index is 1.92. The summed E-state index contributed by atoms with van der Waals surface area (Å²) in [7, 11) is 0. The van der Waals surface area contributed by atoms with Crippen LogP contribution in [-0.2, 0) is 11.2 Å². The average molecular weight is 178 g/mol. The van der Waals surface area contributed by atoms with E-state index in [0.29, 0.717) is 12.5 Å². The van der Waals surface area contributed by atoms with Gasteiger partial charge in [-0.05, 0) is 17.9 Å². The molecule has 0 amide bonds. The minimum Gasteiger partial charge on any atom is -0.368 e. The Kier molecular flexibility index (Phi) is 2.62. The number of aliphatic hydroxyl groups is 1. The molecule has 0 unspecified atom stereocenters. The number of rotatable bonds is 2. The molecule has 0 aliphatic carbocycles. The van der Waals surface area contributed by atoms with Gasteiger partial charge in [0.05, 0.1) is 6.61 Å². The normalized spacial score (nSPS) is 27.8. The summed E-state index contributed by atoms with van der Waals surface area (Å²) in [5, 5.41) is 9.16. The Hall–Kier alpha value is -0.860. The van der Waals surface area contributed by atoms with Gasteiger partial charge in [-0.1, -0.05) is 30.3 Å². The first-order valence-electron chi connectivity index (χ1n) is 4.68. The van der Waals surface area contributed by atoms with Crippen molar-refractivity contribution in [3.63, 3.8) is 0 Å². The van der Waals surface area contributed by atoms with Gasteiger partial charge in [-0.2, -0.15) is 0 Å². The SMILES string of the molecule is O[C@H]1C[C@H](Cc2ccccc2)CO1. The molecule has 1 N–H and O–H groups in total. The number of aliphatic hydroxyl groups excluding tert-OH is 1. The van der Waals surface area contributed by atoms with Gasteiger partial charge in [0.25, 0.3) is 0 Å². The lowest BCUT2D eigenvalue weighted by Crippen LogP contribution is -2.04. The maximum Gasteiger partial charge on any atom is 0.154 e. The molecule has 1 aliphatic rings. The molecule has 1 aromatic carbocycles. The van der Waals surface area contributed by atoms with Crippen LogP contribution in [0, 0.1) is 5.92 Å². The standard InChI is InChI=1S/C11H14O2/c12-11-7-10(8-13-11)6-9-4-2-1-3-5-9/h1-5,10-12H,6-8H2/t10-,11+/m0/s1. The Labute approximate surface area is 78.2 Å². The predicted octanol–water partition coefficient (Wildman–Crippen LogP) is 1.58. The second-order valence-corrected chi connectivity index (χ2v) is 3.58. The molecular formula is C11H14O2. The van der Waals surface area contributed by atoms with Crippen molar-refractivity contribution in [2.24, 2.45) is 5.92 Å². The lowest BCUT2D eigenvalue weighted by atomic mass is 9.99. The van der Waals surface area contributed by atoms with Crippen LogP contribution in [-0.4, -0.2) is 18.0 Å². The van der Waals surface area contributed by atoms with Crippen molar-refractivity contribution < 1.29 is 9.84 Å². The van der Waals surface area contributed by atoms with Crippen LogP contribution < -0.4 is 0 Å². The summed E-state index contributed by atoms with van der Waals surface area (Å²) >= 11 is 0. The van der Waals surface area contributed by atoms with Gasteiger partial charge >= 0.3 is 0 Å². The summed E-state index contributed by atoms with van der Waals surface area (Å²) in [4.78, 5) is 0. The highest BCUT2D eigenvalue weighted by molar-refractivity contribution is 5.15. The molecule has 1 aliphatic heterocycles. The molecular weight excluding hydrogens is 164 g/mol.